The Balaban J connectivity index is 1.55. The monoisotopic (exact) mass is 498 g/mol. The SMILES string of the molecule is Nc1c(Br)c(C2CCS(=O)(=O)CC2)nc2c(-c3ccc(-c4ccccc4)nn3)cnn12. The number of rotatable bonds is 3. The number of hydrogen-bond acceptors (Lipinski definition) is 7. The van der Waals surface area contributed by atoms with Gasteiger partial charge in [0.15, 0.2) is 5.65 Å². The van der Waals surface area contributed by atoms with Crippen LogP contribution in [0.1, 0.15) is 24.5 Å². The van der Waals surface area contributed by atoms with Gasteiger partial charge in [-0.05, 0) is 40.9 Å². The molecule has 0 bridgehead atoms. The van der Waals surface area contributed by atoms with E-state index in [1.165, 1.54) is 0 Å². The molecule has 0 atom stereocenters. The average molecular weight is 499 g/mol. The van der Waals surface area contributed by atoms with Gasteiger partial charge in [0.1, 0.15) is 15.7 Å². The lowest BCUT2D eigenvalue weighted by Gasteiger charge is -2.23. The summed E-state index contributed by atoms with van der Waals surface area (Å²) in [5.74, 6) is 0.762. The van der Waals surface area contributed by atoms with E-state index in [0.717, 1.165) is 22.5 Å². The molecule has 1 saturated heterocycles. The lowest BCUT2D eigenvalue weighted by molar-refractivity contribution is 0.543. The van der Waals surface area contributed by atoms with E-state index in [0.29, 0.717) is 34.5 Å². The maximum Gasteiger partial charge on any atom is 0.167 e. The van der Waals surface area contributed by atoms with E-state index in [-0.39, 0.29) is 17.4 Å². The lowest BCUT2D eigenvalue weighted by Crippen LogP contribution is -2.23. The summed E-state index contributed by atoms with van der Waals surface area (Å²) >= 11 is 3.54. The number of benzene rings is 1. The fraction of sp³-hybridized carbons (Fsp3) is 0.238. The van der Waals surface area contributed by atoms with Crippen molar-refractivity contribution in [2.75, 3.05) is 17.2 Å². The molecule has 31 heavy (non-hydrogen) atoms. The Morgan fingerprint density at radius 2 is 1.68 bits per heavy atom. The van der Waals surface area contributed by atoms with Gasteiger partial charge in [0.05, 0.1) is 44.8 Å². The molecule has 0 unspecified atom stereocenters. The number of nitrogen functional groups attached to an aromatic ring is 1. The van der Waals surface area contributed by atoms with Crippen LogP contribution in [0, 0.1) is 0 Å². The van der Waals surface area contributed by atoms with Crippen molar-refractivity contribution < 1.29 is 8.42 Å². The Hall–Kier alpha value is -2.85. The molecular weight excluding hydrogens is 480 g/mol. The summed E-state index contributed by atoms with van der Waals surface area (Å²) < 4.78 is 25.9. The summed E-state index contributed by atoms with van der Waals surface area (Å²) in [5.41, 5.74) is 10.8. The van der Waals surface area contributed by atoms with Crippen molar-refractivity contribution in [2.24, 2.45) is 0 Å². The van der Waals surface area contributed by atoms with Crippen LogP contribution in [0.2, 0.25) is 0 Å². The molecule has 1 aromatic carbocycles. The summed E-state index contributed by atoms with van der Waals surface area (Å²) in [4.78, 5) is 4.83. The van der Waals surface area contributed by atoms with Gasteiger partial charge in [-0.3, -0.25) is 0 Å². The number of sulfone groups is 1. The van der Waals surface area contributed by atoms with Crippen LogP contribution in [0.15, 0.2) is 53.1 Å². The zero-order chi connectivity index (χ0) is 21.6. The van der Waals surface area contributed by atoms with Crippen molar-refractivity contribution in [1.82, 2.24) is 24.8 Å². The molecule has 0 aliphatic carbocycles. The number of nitrogens with two attached hydrogens (primary N) is 1. The molecule has 0 saturated carbocycles. The number of fused-ring (bicyclic) bond motifs is 1. The predicted molar refractivity (Wildman–Crippen MR) is 122 cm³/mol. The first-order valence-corrected chi connectivity index (χ1v) is 12.5. The average Bonchev–Trinajstić information content (AvgIpc) is 3.21. The Kier molecular flexibility index (Phi) is 4.98. The Bertz CT molecular complexity index is 1360. The van der Waals surface area contributed by atoms with Crippen molar-refractivity contribution in [3.8, 4) is 22.5 Å². The van der Waals surface area contributed by atoms with Crippen LogP contribution in [-0.4, -0.2) is 44.7 Å². The smallest absolute Gasteiger partial charge is 0.167 e. The lowest BCUT2D eigenvalue weighted by atomic mass is 9.98. The molecular formula is C21H19BrN6O2S. The van der Waals surface area contributed by atoms with Gasteiger partial charge in [-0.1, -0.05) is 30.3 Å². The zero-order valence-corrected chi connectivity index (χ0v) is 18.8. The second-order valence-corrected chi connectivity index (χ2v) is 10.7. The molecule has 4 aromatic rings. The highest BCUT2D eigenvalue weighted by atomic mass is 79.9. The van der Waals surface area contributed by atoms with Gasteiger partial charge in [-0.25, -0.2) is 13.4 Å². The summed E-state index contributed by atoms with van der Waals surface area (Å²) in [5, 5.41) is 13.1. The maximum atomic E-state index is 11.8. The molecule has 0 spiro atoms. The van der Waals surface area contributed by atoms with E-state index in [1.54, 1.807) is 10.7 Å². The molecule has 4 heterocycles. The fourth-order valence-corrected chi connectivity index (χ4v) is 5.94. The minimum absolute atomic E-state index is 0.0134. The third-order valence-electron chi connectivity index (χ3n) is 5.60. The second-order valence-electron chi connectivity index (χ2n) is 7.59. The number of halogens is 1. The van der Waals surface area contributed by atoms with Crippen LogP contribution >= 0.6 is 15.9 Å². The Morgan fingerprint density at radius 1 is 1.00 bits per heavy atom. The second kappa shape index (κ2) is 7.69. The zero-order valence-electron chi connectivity index (χ0n) is 16.4. The summed E-state index contributed by atoms with van der Waals surface area (Å²) in [6.45, 7) is 0. The highest BCUT2D eigenvalue weighted by Crippen LogP contribution is 2.37. The van der Waals surface area contributed by atoms with Gasteiger partial charge in [0.25, 0.3) is 0 Å². The number of anilines is 1. The molecule has 1 aliphatic rings. The number of hydrogen-bond donors (Lipinski definition) is 1. The minimum atomic E-state index is -2.97. The third-order valence-corrected chi connectivity index (χ3v) is 8.13. The molecule has 0 amide bonds. The van der Waals surface area contributed by atoms with E-state index in [4.69, 9.17) is 10.7 Å². The van der Waals surface area contributed by atoms with Crippen LogP contribution in [-0.2, 0) is 9.84 Å². The summed E-state index contributed by atoms with van der Waals surface area (Å²) in [6.07, 6.45) is 2.73. The van der Waals surface area contributed by atoms with E-state index in [9.17, 15) is 8.42 Å². The van der Waals surface area contributed by atoms with Gasteiger partial charge in [0.2, 0.25) is 0 Å². The third kappa shape index (κ3) is 3.70. The quantitative estimate of drug-likeness (QED) is 0.459. The van der Waals surface area contributed by atoms with Gasteiger partial charge >= 0.3 is 0 Å². The van der Waals surface area contributed by atoms with Crippen LogP contribution in [0.3, 0.4) is 0 Å². The van der Waals surface area contributed by atoms with Crippen LogP contribution in [0.25, 0.3) is 28.2 Å². The summed E-state index contributed by atoms with van der Waals surface area (Å²) in [7, 11) is -2.97. The molecule has 1 aliphatic heterocycles. The first kappa shape index (κ1) is 20.1. The molecule has 3 aromatic heterocycles. The predicted octanol–water partition coefficient (Wildman–Crippen LogP) is 3.49. The highest BCUT2D eigenvalue weighted by Gasteiger charge is 2.29. The van der Waals surface area contributed by atoms with E-state index >= 15 is 0 Å². The Labute approximate surface area is 187 Å². The van der Waals surface area contributed by atoms with E-state index in [2.05, 4.69) is 31.2 Å². The van der Waals surface area contributed by atoms with Crippen molar-refractivity contribution in [2.45, 2.75) is 18.8 Å². The first-order chi connectivity index (χ1) is 14.9. The van der Waals surface area contributed by atoms with Gasteiger partial charge in [-0.2, -0.15) is 9.61 Å². The maximum absolute atomic E-state index is 11.8. The summed E-state index contributed by atoms with van der Waals surface area (Å²) in [6, 6.07) is 13.6. The van der Waals surface area contributed by atoms with Crippen molar-refractivity contribution in [1.29, 1.82) is 0 Å². The fourth-order valence-electron chi connectivity index (χ4n) is 3.87. The molecule has 0 radical (unpaired) electrons. The van der Waals surface area contributed by atoms with Crippen molar-refractivity contribution in [3.63, 3.8) is 0 Å². The van der Waals surface area contributed by atoms with E-state index < -0.39 is 9.84 Å². The minimum Gasteiger partial charge on any atom is -0.383 e. The van der Waals surface area contributed by atoms with Gasteiger partial charge in [0, 0.05) is 11.5 Å². The topological polar surface area (TPSA) is 116 Å². The molecule has 2 N–H and O–H groups in total. The normalized spacial score (nSPS) is 16.5. The number of aromatic nitrogens is 5. The van der Waals surface area contributed by atoms with E-state index in [1.807, 2.05) is 42.5 Å². The van der Waals surface area contributed by atoms with Crippen molar-refractivity contribution >= 4 is 37.2 Å². The highest BCUT2D eigenvalue weighted by molar-refractivity contribution is 9.10. The number of nitrogens with zero attached hydrogens (tertiary/aromatic N) is 5. The van der Waals surface area contributed by atoms with Gasteiger partial charge < -0.3 is 5.73 Å². The Morgan fingerprint density at radius 3 is 2.35 bits per heavy atom. The molecule has 10 heteroatoms. The molecule has 158 valence electrons. The first-order valence-electron chi connectivity index (χ1n) is 9.85. The molecule has 8 nitrogen and oxygen atoms in total. The molecule has 1 fully saturated rings. The van der Waals surface area contributed by atoms with Crippen LogP contribution in [0.4, 0.5) is 5.82 Å². The largest absolute Gasteiger partial charge is 0.383 e. The van der Waals surface area contributed by atoms with Crippen LogP contribution < -0.4 is 5.73 Å². The van der Waals surface area contributed by atoms with Crippen molar-refractivity contribution in [3.05, 3.63) is 58.8 Å². The molecule has 5 rings (SSSR count). The standard InChI is InChI=1S/C21H19BrN6O2S/c22-18-19(14-8-10-31(29,30)11-9-14)25-21-15(12-24-28(21)20(18)23)17-7-6-16(26-27-17)13-4-2-1-3-5-13/h1-7,12,14H,8-11,23H2. The van der Waals surface area contributed by atoms with Crippen LogP contribution in [0.5, 0.6) is 0 Å². The van der Waals surface area contributed by atoms with Gasteiger partial charge in [-0.15, -0.1) is 10.2 Å².